The first-order valence-electron chi connectivity index (χ1n) is 7.47. The second kappa shape index (κ2) is 9.75. The topological polar surface area (TPSA) is 9.23 Å². The minimum Gasteiger partial charge on any atom is -0.549 e. The van der Waals surface area contributed by atoms with Gasteiger partial charge in [-0.2, -0.15) is 0 Å². The van der Waals surface area contributed by atoms with Crippen molar-refractivity contribution in [1.29, 1.82) is 0 Å². The predicted octanol–water partition coefficient (Wildman–Crippen LogP) is 5.88. The van der Waals surface area contributed by atoms with E-state index in [0.717, 1.165) is 0 Å². The Morgan fingerprint density at radius 1 is 0.941 bits per heavy atom. The maximum Gasteiger partial charge on any atom is 0.249 e. The molecule has 102 valence electrons. The van der Waals surface area contributed by atoms with Gasteiger partial charge < -0.3 is 4.43 Å². The molecule has 0 rings (SSSR count). The first-order chi connectivity index (χ1) is 8.14. The average Bonchev–Trinajstić information content (AvgIpc) is 2.37. The van der Waals surface area contributed by atoms with E-state index < -0.39 is 8.32 Å². The van der Waals surface area contributed by atoms with Crippen LogP contribution in [0.15, 0.2) is 11.8 Å². The highest BCUT2D eigenvalue weighted by atomic mass is 28.4. The molecule has 0 saturated heterocycles. The molecule has 0 unspecified atom stereocenters. The largest absolute Gasteiger partial charge is 0.549 e. The molecule has 0 aliphatic rings. The van der Waals surface area contributed by atoms with Gasteiger partial charge in [0.15, 0.2) is 0 Å². The molecule has 0 saturated carbocycles. The summed E-state index contributed by atoms with van der Waals surface area (Å²) in [5, 5.41) is 0. The van der Waals surface area contributed by atoms with E-state index in [1.165, 1.54) is 55.8 Å². The SMILES string of the molecule is CCCCCC/C(C)=C/O[Si](CC)(CC)CC. The molecule has 0 aromatic heterocycles. The summed E-state index contributed by atoms with van der Waals surface area (Å²) >= 11 is 0. The van der Waals surface area contributed by atoms with Crippen LogP contribution >= 0.6 is 0 Å². The summed E-state index contributed by atoms with van der Waals surface area (Å²) in [6, 6.07) is 3.71. The summed E-state index contributed by atoms with van der Waals surface area (Å²) in [6.45, 7) is 11.3. The van der Waals surface area contributed by atoms with E-state index in [-0.39, 0.29) is 0 Å². The van der Waals surface area contributed by atoms with E-state index in [4.69, 9.17) is 4.43 Å². The maximum atomic E-state index is 6.17. The Balaban J connectivity index is 4.02. The molecule has 0 aliphatic heterocycles. The van der Waals surface area contributed by atoms with Crippen LogP contribution in [0.1, 0.15) is 66.7 Å². The lowest BCUT2D eigenvalue weighted by atomic mass is 10.1. The van der Waals surface area contributed by atoms with Crippen LogP contribution in [0.4, 0.5) is 0 Å². The molecule has 0 heterocycles. The van der Waals surface area contributed by atoms with E-state index in [0.29, 0.717) is 0 Å². The summed E-state index contributed by atoms with van der Waals surface area (Å²) in [4.78, 5) is 0. The second-order valence-corrected chi connectivity index (χ2v) is 9.86. The van der Waals surface area contributed by atoms with Crippen molar-refractivity contribution in [2.45, 2.75) is 84.9 Å². The third kappa shape index (κ3) is 6.92. The molecular formula is C15H32OSi. The number of unbranched alkanes of at least 4 members (excludes halogenated alkanes) is 3. The summed E-state index contributed by atoms with van der Waals surface area (Å²) in [5.41, 5.74) is 1.42. The molecule has 0 aliphatic carbocycles. The van der Waals surface area contributed by atoms with Crippen molar-refractivity contribution in [2.24, 2.45) is 0 Å². The highest BCUT2D eigenvalue weighted by molar-refractivity contribution is 6.73. The van der Waals surface area contributed by atoms with Crippen LogP contribution in [0.25, 0.3) is 0 Å². The zero-order valence-electron chi connectivity index (χ0n) is 12.6. The second-order valence-electron chi connectivity index (χ2n) is 5.14. The van der Waals surface area contributed by atoms with Gasteiger partial charge in [0.2, 0.25) is 8.32 Å². The molecule has 17 heavy (non-hydrogen) atoms. The Hall–Kier alpha value is -0.243. The number of hydrogen-bond donors (Lipinski definition) is 0. The maximum absolute atomic E-state index is 6.17. The summed E-state index contributed by atoms with van der Waals surface area (Å²) in [5.74, 6) is 0. The van der Waals surface area contributed by atoms with Crippen LogP contribution in [0.3, 0.4) is 0 Å². The molecule has 0 aromatic rings. The number of allylic oxidation sites excluding steroid dienone is 1. The fraction of sp³-hybridized carbons (Fsp3) is 0.867. The minimum atomic E-state index is -1.41. The van der Waals surface area contributed by atoms with Gasteiger partial charge in [0.1, 0.15) is 0 Å². The molecule has 1 nitrogen and oxygen atoms in total. The Morgan fingerprint density at radius 3 is 2.00 bits per heavy atom. The minimum absolute atomic E-state index is 1.21. The fourth-order valence-electron chi connectivity index (χ4n) is 2.12. The van der Waals surface area contributed by atoms with Crippen molar-refractivity contribution >= 4 is 8.32 Å². The van der Waals surface area contributed by atoms with E-state index in [2.05, 4.69) is 40.9 Å². The average molecular weight is 257 g/mol. The van der Waals surface area contributed by atoms with Gasteiger partial charge in [-0.05, 0) is 43.5 Å². The summed E-state index contributed by atoms with van der Waals surface area (Å²) in [6.07, 6.45) is 8.65. The first kappa shape index (κ1) is 16.8. The van der Waals surface area contributed by atoms with Crippen LogP contribution in [-0.4, -0.2) is 8.32 Å². The van der Waals surface area contributed by atoms with Crippen LogP contribution < -0.4 is 0 Å². The lowest BCUT2D eigenvalue weighted by molar-refractivity contribution is 0.449. The quantitative estimate of drug-likeness (QED) is 0.269. The van der Waals surface area contributed by atoms with E-state index in [1.54, 1.807) is 0 Å². The standard InChI is InChI=1S/C15H32OSi/c1-6-10-11-12-13-15(5)14-16-17(7-2,8-3)9-4/h14H,6-13H2,1-5H3/b15-14+. The first-order valence-corrected chi connectivity index (χ1v) is 10.0. The molecule has 0 atom stereocenters. The molecule has 0 radical (unpaired) electrons. The van der Waals surface area contributed by atoms with Gasteiger partial charge in [-0.25, -0.2) is 0 Å². The van der Waals surface area contributed by atoms with Crippen molar-refractivity contribution in [3.8, 4) is 0 Å². The normalized spacial score (nSPS) is 12.9. The third-order valence-corrected chi connectivity index (χ3v) is 8.35. The zero-order valence-corrected chi connectivity index (χ0v) is 13.6. The molecule has 0 bridgehead atoms. The Kier molecular flexibility index (Phi) is 9.61. The smallest absolute Gasteiger partial charge is 0.249 e. The highest BCUT2D eigenvalue weighted by Crippen LogP contribution is 2.23. The molecule has 0 aromatic carbocycles. The van der Waals surface area contributed by atoms with Gasteiger partial charge in [0.05, 0.1) is 6.26 Å². The molecule has 0 fully saturated rings. The van der Waals surface area contributed by atoms with Crippen molar-refractivity contribution in [3.05, 3.63) is 11.8 Å². The van der Waals surface area contributed by atoms with Gasteiger partial charge >= 0.3 is 0 Å². The molecular weight excluding hydrogens is 224 g/mol. The molecule has 2 heteroatoms. The van der Waals surface area contributed by atoms with Crippen molar-refractivity contribution in [1.82, 2.24) is 0 Å². The summed E-state index contributed by atoms with van der Waals surface area (Å²) < 4.78 is 6.17. The van der Waals surface area contributed by atoms with Crippen molar-refractivity contribution < 1.29 is 4.43 Å². The van der Waals surface area contributed by atoms with E-state index in [1.807, 2.05) is 0 Å². The number of hydrogen-bond acceptors (Lipinski definition) is 1. The van der Waals surface area contributed by atoms with Crippen LogP contribution in [0.2, 0.25) is 18.1 Å². The number of rotatable bonds is 10. The molecule has 0 spiro atoms. The monoisotopic (exact) mass is 256 g/mol. The van der Waals surface area contributed by atoms with Gasteiger partial charge in [-0.3, -0.25) is 0 Å². The Labute approximate surface area is 110 Å². The van der Waals surface area contributed by atoms with Crippen LogP contribution in [0, 0.1) is 0 Å². The van der Waals surface area contributed by atoms with Crippen molar-refractivity contribution in [3.63, 3.8) is 0 Å². The lowest BCUT2D eigenvalue weighted by Crippen LogP contribution is -2.33. The highest BCUT2D eigenvalue weighted by Gasteiger charge is 2.29. The van der Waals surface area contributed by atoms with Crippen LogP contribution in [0.5, 0.6) is 0 Å². The van der Waals surface area contributed by atoms with Gasteiger partial charge in [-0.1, -0.05) is 47.0 Å². The third-order valence-electron chi connectivity index (χ3n) is 3.87. The fourth-order valence-corrected chi connectivity index (χ4v) is 4.57. The van der Waals surface area contributed by atoms with Crippen LogP contribution in [-0.2, 0) is 4.43 Å². The Morgan fingerprint density at radius 2 is 1.53 bits per heavy atom. The van der Waals surface area contributed by atoms with Crippen molar-refractivity contribution in [2.75, 3.05) is 0 Å². The Bertz CT molecular complexity index is 199. The zero-order chi connectivity index (χ0) is 13.1. The predicted molar refractivity (Wildman–Crippen MR) is 80.8 cm³/mol. The molecule has 0 amide bonds. The van der Waals surface area contributed by atoms with Gasteiger partial charge in [-0.15, -0.1) is 0 Å². The molecule has 0 N–H and O–H groups in total. The lowest BCUT2D eigenvalue weighted by Gasteiger charge is -2.27. The van der Waals surface area contributed by atoms with E-state index in [9.17, 15) is 0 Å². The van der Waals surface area contributed by atoms with E-state index >= 15 is 0 Å². The summed E-state index contributed by atoms with van der Waals surface area (Å²) in [7, 11) is -1.41. The van der Waals surface area contributed by atoms with Gasteiger partial charge in [0, 0.05) is 0 Å². The van der Waals surface area contributed by atoms with Gasteiger partial charge in [0.25, 0.3) is 0 Å².